The van der Waals surface area contributed by atoms with E-state index in [0.29, 0.717) is 12.8 Å². The summed E-state index contributed by atoms with van der Waals surface area (Å²) in [4.78, 5) is 38.8. The van der Waals surface area contributed by atoms with Gasteiger partial charge in [0, 0.05) is 4.88 Å². The molecule has 1 aliphatic heterocycles. The highest BCUT2D eigenvalue weighted by Crippen LogP contribution is 2.33. The predicted molar refractivity (Wildman–Crippen MR) is 115 cm³/mol. The fraction of sp³-hybridized carbons (Fsp3) is 0.409. The molecule has 3 N–H and O–H groups in total. The highest BCUT2D eigenvalue weighted by molar-refractivity contribution is 7.10. The summed E-state index contributed by atoms with van der Waals surface area (Å²) < 4.78 is 0. The molecule has 0 radical (unpaired) electrons. The van der Waals surface area contributed by atoms with Gasteiger partial charge in [0.05, 0.1) is 12.6 Å². The lowest BCUT2D eigenvalue weighted by molar-refractivity contribution is -0.139. The number of carbonyl (C=O) groups is 3. The molecule has 1 unspecified atom stereocenters. The van der Waals surface area contributed by atoms with E-state index in [1.54, 1.807) is 11.3 Å². The standard InChI is InChI=1S/C22H26N4O3S/c1-15-7-9-16(10-8-15)19(17-6-5-13-30-17)23-14-18(27)25-26-20(28)22(24-21(26)29)11-3-2-4-12-22/h5-10,13,19,23H,2-4,11-12,14H2,1H3,(H,24,29)(H,25,27). The second-order valence-corrected chi connectivity index (χ2v) is 8.97. The van der Waals surface area contributed by atoms with E-state index in [1.165, 1.54) is 0 Å². The quantitative estimate of drug-likeness (QED) is 0.620. The number of nitrogens with zero attached hydrogens (tertiary/aromatic N) is 1. The van der Waals surface area contributed by atoms with Crippen LogP contribution in [0.15, 0.2) is 41.8 Å². The van der Waals surface area contributed by atoms with Gasteiger partial charge in [-0.3, -0.25) is 20.3 Å². The maximum atomic E-state index is 12.8. The molecular weight excluding hydrogens is 400 g/mol. The highest BCUT2D eigenvalue weighted by Gasteiger charge is 2.52. The third kappa shape index (κ3) is 4.11. The first-order valence-corrected chi connectivity index (χ1v) is 11.2. The average molecular weight is 427 g/mol. The average Bonchev–Trinajstić information content (AvgIpc) is 3.34. The van der Waals surface area contributed by atoms with Crippen molar-refractivity contribution in [2.24, 2.45) is 0 Å². The molecule has 2 fully saturated rings. The maximum Gasteiger partial charge on any atom is 0.344 e. The van der Waals surface area contributed by atoms with E-state index in [4.69, 9.17) is 0 Å². The van der Waals surface area contributed by atoms with Crippen molar-refractivity contribution in [3.8, 4) is 0 Å². The lowest BCUT2D eigenvalue weighted by atomic mass is 9.82. The van der Waals surface area contributed by atoms with E-state index in [1.807, 2.05) is 48.7 Å². The number of benzene rings is 1. The lowest BCUT2D eigenvalue weighted by Gasteiger charge is -2.30. The van der Waals surface area contributed by atoms with Crippen LogP contribution in [0.1, 0.15) is 54.1 Å². The summed E-state index contributed by atoms with van der Waals surface area (Å²) in [5.74, 6) is -0.783. The van der Waals surface area contributed by atoms with Crippen LogP contribution in [0.4, 0.5) is 4.79 Å². The minimum atomic E-state index is -0.850. The predicted octanol–water partition coefficient (Wildman–Crippen LogP) is 3.02. The summed E-state index contributed by atoms with van der Waals surface area (Å²) >= 11 is 1.61. The monoisotopic (exact) mass is 426 g/mol. The van der Waals surface area contributed by atoms with E-state index >= 15 is 0 Å². The summed E-state index contributed by atoms with van der Waals surface area (Å²) in [6.07, 6.45) is 4.10. The molecule has 1 spiro atoms. The number of carbonyl (C=O) groups excluding carboxylic acids is 3. The number of urea groups is 1. The Hall–Kier alpha value is -2.71. The van der Waals surface area contributed by atoms with Gasteiger partial charge in [0.1, 0.15) is 5.54 Å². The number of thiophene rings is 1. The number of amides is 4. The van der Waals surface area contributed by atoms with E-state index < -0.39 is 17.5 Å². The Kier molecular flexibility index (Phi) is 5.87. The first-order chi connectivity index (χ1) is 14.5. The van der Waals surface area contributed by atoms with E-state index in [2.05, 4.69) is 16.1 Å². The van der Waals surface area contributed by atoms with Crippen molar-refractivity contribution in [2.45, 2.75) is 50.6 Å². The molecule has 1 saturated heterocycles. The van der Waals surface area contributed by atoms with Gasteiger partial charge in [0.15, 0.2) is 0 Å². The second kappa shape index (κ2) is 8.57. The smallest absolute Gasteiger partial charge is 0.322 e. The van der Waals surface area contributed by atoms with Gasteiger partial charge < -0.3 is 5.32 Å². The van der Waals surface area contributed by atoms with Crippen LogP contribution in [-0.4, -0.2) is 34.9 Å². The Morgan fingerprint density at radius 2 is 1.90 bits per heavy atom. The Morgan fingerprint density at radius 1 is 1.17 bits per heavy atom. The van der Waals surface area contributed by atoms with Crippen LogP contribution in [0.5, 0.6) is 0 Å². The molecule has 30 heavy (non-hydrogen) atoms. The van der Waals surface area contributed by atoms with Crippen LogP contribution < -0.4 is 16.1 Å². The van der Waals surface area contributed by atoms with Gasteiger partial charge in [0.25, 0.3) is 11.8 Å². The zero-order valence-corrected chi connectivity index (χ0v) is 17.8. The summed E-state index contributed by atoms with van der Waals surface area (Å²) in [7, 11) is 0. The first-order valence-electron chi connectivity index (χ1n) is 10.3. The minimum absolute atomic E-state index is 0.0273. The van der Waals surface area contributed by atoms with E-state index in [0.717, 1.165) is 40.3 Å². The van der Waals surface area contributed by atoms with Crippen molar-refractivity contribution in [1.82, 2.24) is 21.1 Å². The normalized spacial score (nSPS) is 19.0. The molecule has 0 bridgehead atoms. The molecule has 1 aromatic carbocycles. The van der Waals surface area contributed by atoms with Gasteiger partial charge in [-0.05, 0) is 36.8 Å². The third-order valence-electron chi connectivity index (χ3n) is 5.81. The Labute approximate surface area is 179 Å². The Balaban J connectivity index is 1.41. The largest absolute Gasteiger partial charge is 0.344 e. The Bertz CT molecular complexity index is 920. The molecule has 1 aliphatic carbocycles. The van der Waals surface area contributed by atoms with Crippen LogP contribution in [0.2, 0.25) is 0 Å². The molecule has 1 atom stereocenters. The van der Waals surface area contributed by atoms with Crippen LogP contribution in [0.25, 0.3) is 0 Å². The van der Waals surface area contributed by atoms with Crippen LogP contribution in [0, 0.1) is 6.92 Å². The molecular formula is C22H26N4O3S. The second-order valence-electron chi connectivity index (χ2n) is 7.99. The fourth-order valence-electron chi connectivity index (χ4n) is 4.17. The molecule has 4 amide bonds. The molecule has 4 rings (SSSR count). The summed E-state index contributed by atoms with van der Waals surface area (Å²) in [5, 5.41) is 8.90. The number of hydrogen-bond acceptors (Lipinski definition) is 5. The minimum Gasteiger partial charge on any atom is -0.322 e. The number of nitrogens with one attached hydrogen (secondary N) is 3. The molecule has 2 aromatic rings. The third-order valence-corrected chi connectivity index (χ3v) is 6.75. The molecule has 1 saturated carbocycles. The SMILES string of the molecule is Cc1ccc(C(NCC(=O)NN2C(=O)NC3(CCCCC3)C2=O)c2cccs2)cc1. The van der Waals surface area contributed by atoms with Gasteiger partial charge in [0.2, 0.25) is 0 Å². The van der Waals surface area contributed by atoms with Gasteiger partial charge in [-0.15, -0.1) is 11.3 Å². The first kappa shape index (κ1) is 20.6. The summed E-state index contributed by atoms with van der Waals surface area (Å²) in [5.41, 5.74) is 3.85. The van der Waals surface area contributed by atoms with E-state index in [-0.39, 0.29) is 18.5 Å². The molecule has 8 heteroatoms. The molecule has 158 valence electrons. The van der Waals surface area contributed by atoms with Crippen molar-refractivity contribution in [3.05, 3.63) is 57.8 Å². The van der Waals surface area contributed by atoms with Crippen molar-refractivity contribution in [2.75, 3.05) is 6.54 Å². The zero-order valence-electron chi connectivity index (χ0n) is 16.9. The number of rotatable bonds is 6. The summed E-state index contributed by atoms with van der Waals surface area (Å²) in [6.45, 7) is 2.00. The molecule has 7 nitrogen and oxygen atoms in total. The van der Waals surface area contributed by atoms with Crippen molar-refractivity contribution in [1.29, 1.82) is 0 Å². The Morgan fingerprint density at radius 3 is 2.57 bits per heavy atom. The number of hydrogen-bond donors (Lipinski definition) is 3. The number of aryl methyl sites for hydroxylation is 1. The van der Waals surface area contributed by atoms with Crippen molar-refractivity contribution >= 4 is 29.2 Å². The lowest BCUT2D eigenvalue weighted by Crippen LogP contribution is -2.52. The van der Waals surface area contributed by atoms with E-state index in [9.17, 15) is 14.4 Å². The van der Waals surface area contributed by atoms with Gasteiger partial charge in [-0.2, -0.15) is 5.01 Å². The van der Waals surface area contributed by atoms with Gasteiger partial charge >= 0.3 is 6.03 Å². The highest BCUT2D eigenvalue weighted by atomic mass is 32.1. The summed E-state index contributed by atoms with van der Waals surface area (Å²) in [6, 6.07) is 11.4. The van der Waals surface area contributed by atoms with Crippen molar-refractivity contribution in [3.63, 3.8) is 0 Å². The topological polar surface area (TPSA) is 90.5 Å². The van der Waals surface area contributed by atoms with Crippen LogP contribution in [-0.2, 0) is 9.59 Å². The zero-order chi connectivity index (χ0) is 21.1. The molecule has 1 aromatic heterocycles. The van der Waals surface area contributed by atoms with Gasteiger partial charge in [-0.1, -0.05) is 55.2 Å². The van der Waals surface area contributed by atoms with Gasteiger partial charge in [-0.25, -0.2) is 4.79 Å². The van der Waals surface area contributed by atoms with Crippen LogP contribution >= 0.6 is 11.3 Å². The number of hydrazine groups is 1. The number of imide groups is 1. The molecule has 2 heterocycles. The molecule has 2 aliphatic rings. The maximum absolute atomic E-state index is 12.8. The van der Waals surface area contributed by atoms with Crippen LogP contribution in [0.3, 0.4) is 0 Å². The van der Waals surface area contributed by atoms with Crippen molar-refractivity contribution < 1.29 is 14.4 Å². The fourth-order valence-corrected chi connectivity index (χ4v) is 5.00.